The number of rotatable bonds is 5. The smallest absolute Gasteiger partial charge is 0.238 e. The summed E-state index contributed by atoms with van der Waals surface area (Å²) in [7, 11) is 0. The van der Waals surface area contributed by atoms with Gasteiger partial charge in [-0.2, -0.15) is 0 Å². The highest BCUT2D eigenvalue weighted by atomic mass is 19.1. The van der Waals surface area contributed by atoms with Gasteiger partial charge in [0.2, 0.25) is 11.8 Å². The summed E-state index contributed by atoms with van der Waals surface area (Å²) in [5.74, 6) is -0.406. The van der Waals surface area contributed by atoms with E-state index in [1.165, 1.54) is 11.6 Å². The number of nitrogens with zero attached hydrogens (tertiary/aromatic N) is 1. The summed E-state index contributed by atoms with van der Waals surface area (Å²) in [4.78, 5) is 27.5. The van der Waals surface area contributed by atoms with Crippen molar-refractivity contribution >= 4 is 17.5 Å². The third kappa shape index (κ3) is 4.64. The number of nitrogens with one attached hydrogen (secondary N) is 2. The van der Waals surface area contributed by atoms with Gasteiger partial charge in [0.05, 0.1) is 12.1 Å². The van der Waals surface area contributed by atoms with E-state index in [-0.39, 0.29) is 41.8 Å². The maximum Gasteiger partial charge on any atom is 0.238 e. The van der Waals surface area contributed by atoms with Gasteiger partial charge in [-0.1, -0.05) is 36.4 Å². The van der Waals surface area contributed by atoms with E-state index in [9.17, 15) is 14.0 Å². The molecule has 0 radical (unpaired) electrons. The maximum absolute atomic E-state index is 13.9. The number of halogens is 1. The summed E-state index contributed by atoms with van der Waals surface area (Å²) < 4.78 is 13.9. The number of hydrogen-bond donors (Lipinski definition) is 2. The largest absolute Gasteiger partial charge is 0.349 e. The monoisotopic (exact) mass is 423 g/mol. The number of fused-ring (bicyclic) bond motifs is 1. The summed E-state index contributed by atoms with van der Waals surface area (Å²) in [5, 5.41) is 6.13. The first-order valence-corrected chi connectivity index (χ1v) is 11.0. The minimum Gasteiger partial charge on any atom is -0.349 e. The number of hydrogen-bond acceptors (Lipinski definition) is 3. The zero-order valence-corrected chi connectivity index (χ0v) is 18.2. The molecule has 0 aromatic heterocycles. The molecule has 6 heteroatoms. The van der Waals surface area contributed by atoms with Crippen molar-refractivity contribution in [2.75, 3.05) is 11.9 Å². The minimum absolute atomic E-state index is 0.0881. The fourth-order valence-corrected chi connectivity index (χ4v) is 5.23. The zero-order valence-electron chi connectivity index (χ0n) is 18.2. The van der Waals surface area contributed by atoms with Gasteiger partial charge in [-0.05, 0) is 57.2 Å². The molecular weight excluding hydrogens is 393 g/mol. The predicted octanol–water partition coefficient (Wildman–Crippen LogP) is 3.82. The molecule has 2 aliphatic rings. The second-order valence-electron chi connectivity index (χ2n) is 9.05. The third-order valence-corrected chi connectivity index (χ3v) is 6.75. The predicted molar refractivity (Wildman–Crippen MR) is 119 cm³/mol. The Bertz CT molecular complexity index is 964. The third-order valence-electron chi connectivity index (χ3n) is 6.75. The summed E-state index contributed by atoms with van der Waals surface area (Å²) >= 11 is 0. The van der Waals surface area contributed by atoms with Gasteiger partial charge in [0.25, 0.3) is 0 Å². The topological polar surface area (TPSA) is 61.4 Å². The van der Waals surface area contributed by atoms with E-state index in [1.54, 1.807) is 19.1 Å². The number of carbonyl (C=O) groups excluding carboxylic acids is 2. The number of carbonyl (C=O) groups is 2. The van der Waals surface area contributed by atoms with Gasteiger partial charge in [-0.3, -0.25) is 14.5 Å². The molecule has 164 valence electrons. The van der Waals surface area contributed by atoms with Gasteiger partial charge in [0.15, 0.2) is 0 Å². The number of likely N-dealkylation sites (tertiary alicyclic amines) is 1. The zero-order chi connectivity index (χ0) is 22.0. The van der Waals surface area contributed by atoms with Gasteiger partial charge in [0.1, 0.15) is 5.82 Å². The maximum atomic E-state index is 13.9. The molecule has 3 atom stereocenters. The molecule has 2 amide bonds. The van der Waals surface area contributed by atoms with Crippen LogP contribution in [0.2, 0.25) is 0 Å². The molecule has 2 aromatic rings. The summed E-state index contributed by atoms with van der Waals surface area (Å²) in [6.45, 7) is 3.98. The average molecular weight is 424 g/mol. The van der Waals surface area contributed by atoms with Gasteiger partial charge >= 0.3 is 0 Å². The SMILES string of the molecule is Cc1c(F)cccc1NC(=O)CN1[C@H](Cc2ccccc2)C[C@]2(C)NC(=O)CCC[C@H]12. The van der Waals surface area contributed by atoms with E-state index >= 15 is 0 Å². The molecule has 0 unspecified atom stereocenters. The molecule has 0 bridgehead atoms. The highest BCUT2D eigenvalue weighted by Crippen LogP contribution is 2.39. The van der Waals surface area contributed by atoms with Crippen LogP contribution in [-0.2, 0) is 16.0 Å². The Morgan fingerprint density at radius 2 is 2.00 bits per heavy atom. The molecule has 31 heavy (non-hydrogen) atoms. The van der Waals surface area contributed by atoms with E-state index in [1.807, 2.05) is 18.2 Å². The molecule has 2 saturated heterocycles. The normalized spacial score (nSPS) is 26.1. The number of anilines is 1. The molecule has 5 nitrogen and oxygen atoms in total. The molecule has 0 spiro atoms. The summed E-state index contributed by atoms with van der Waals surface area (Å²) in [5.41, 5.74) is 1.79. The van der Waals surface area contributed by atoms with Crippen LogP contribution in [-0.4, -0.2) is 40.9 Å². The van der Waals surface area contributed by atoms with Crippen molar-refractivity contribution < 1.29 is 14.0 Å². The van der Waals surface area contributed by atoms with Crippen molar-refractivity contribution in [1.82, 2.24) is 10.2 Å². The lowest BCUT2D eigenvalue weighted by Gasteiger charge is -2.34. The van der Waals surface area contributed by atoms with Crippen LogP contribution in [0.5, 0.6) is 0 Å². The van der Waals surface area contributed by atoms with Crippen molar-refractivity contribution in [3.63, 3.8) is 0 Å². The van der Waals surface area contributed by atoms with Crippen molar-refractivity contribution in [3.05, 3.63) is 65.5 Å². The van der Waals surface area contributed by atoms with Crippen molar-refractivity contribution in [2.45, 2.75) is 63.6 Å². The Morgan fingerprint density at radius 1 is 1.23 bits per heavy atom. The molecule has 4 rings (SSSR count). The van der Waals surface area contributed by atoms with Crippen LogP contribution in [0.4, 0.5) is 10.1 Å². The lowest BCUT2D eigenvalue weighted by molar-refractivity contribution is -0.122. The molecule has 2 N–H and O–H groups in total. The Balaban J connectivity index is 1.56. The second-order valence-corrected chi connectivity index (χ2v) is 9.05. The van der Waals surface area contributed by atoms with Crippen molar-refractivity contribution in [1.29, 1.82) is 0 Å². The first-order valence-electron chi connectivity index (χ1n) is 11.0. The highest BCUT2D eigenvalue weighted by molar-refractivity contribution is 5.93. The van der Waals surface area contributed by atoms with Gasteiger partial charge in [0, 0.05) is 29.8 Å². The minimum atomic E-state index is -0.359. The number of amides is 2. The Morgan fingerprint density at radius 3 is 2.77 bits per heavy atom. The van der Waals surface area contributed by atoms with E-state index in [0.29, 0.717) is 17.7 Å². The van der Waals surface area contributed by atoms with Crippen molar-refractivity contribution in [3.8, 4) is 0 Å². The molecule has 2 fully saturated rings. The van der Waals surface area contributed by atoms with Gasteiger partial charge in [-0.25, -0.2) is 4.39 Å². The molecule has 2 heterocycles. The van der Waals surface area contributed by atoms with E-state index in [0.717, 1.165) is 25.7 Å². The van der Waals surface area contributed by atoms with Crippen LogP contribution in [0.3, 0.4) is 0 Å². The lowest BCUT2D eigenvalue weighted by Crippen LogP contribution is -2.54. The molecular formula is C25H30FN3O2. The van der Waals surface area contributed by atoms with E-state index < -0.39 is 0 Å². The summed E-state index contributed by atoms with van der Waals surface area (Å²) in [6, 6.07) is 15.2. The van der Waals surface area contributed by atoms with E-state index in [2.05, 4.69) is 34.6 Å². The fourth-order valence-electron chi connectivity index (χ4n) is 5.23. The Hall–Kier alpha value is -2.73. The summed E-state index contributed by atoms with van der Waals surface area (Å²) in [6.07, 6.45) is 3.82. The van der Waals surface area contributed by atoms with Gasteiger partial charge in [-0.15, -0.1) is 0 Å². The number of benzene rings is 2. The Labute approximate surface area is 183 Å². The van der Waals surface area contributed by atoms with Crippen LogP contribution in [0, 0.1) is 12.7 Å². The Kier molecular flexibility index (Phi) is 6.10. The fraction of sp³-hybridized carbons (Fsp3) is 0.440. The molecule has 0 saturated carbocycles. The molecule has 2 aliphatic heterocycles. The van der Waals surface area contributed by atoms with Crippen LogP contribution < -0.4 is 10.6 Å². The molecule has 2 aromatic carbocycles. The van der Waals surface area contributed by atoms with E-state index in [4.69, 9.17) is 0 Å². The average Bonchev–Trinajstić information content (AvgIpc) is 2.87. The van der Waals surface area contributed by atoms with Gasteiger partial charge < -0.3 is 10.6 Å². The van der Waals surface area contributed by atoms with Crippen LogP contribution >= 0.6 is 0 Å². The quantitative estimate of drug-likeness (QED) is 0.769. The van der Waals surface area contributed by atoms with Crippen LogP contribution in [0.1, 0.15) is 43.7 Å². The second kappa shape index (κ2) is 8.79. The first-order chi connectivity index (χ1) is 14.9. The highest BCUT2D eigenvalue weighted by Gasteiger charge is 2.50. The van der Waals surface area contributed by atoms with Crippen LogP contribution in [0.15, 0.2) is 48.5 Å². The standard InChI is InChI=1S/C25H30FN3O2/c1-17-20(26)10-6-11-21(17)27-24(31)16-29-19(14-18-8-4-3-5-9-18)15-25(2)22(29)12-7-13-23(30)28-25/h3-6,8-11,19,22H,7,12-16H2,1-2H3,(H,27,31)(H,28,30)/t19-,22+,25+/m1/s1. The molecule has 0 aliphatic carbocycles. The van der Waals surface area contributed by atoms with Crippen molar-refractivity contribution in [2.24, 2.45) is 0 Å². The van der Waals surface area contributed by atoms with Crippen LogP contribution in [0.25, 0.3) is 0 Å². The first kappa shape index (κ1) is 21.5. The lowest BCUT2D eigenvalue weighted by atomic mass is 9.89.